The van der Waals surface area contributed by atoms with E-state index in [-0.39, 0.29) is 5.91 Å². The number of nitrogens with one attached hydrogen (secondary N) is 1. The van der Waals surface area contributed by atoms with E-state index in [1.54, 1.807) is 0 Å². The predicted octanol–water partition coefficient (Wildman–Crippen LogP) is 1.55. The molecule has 0 aliphatic carbocycles. The van der Waals surface area contributed by atoms with Crippen molar-refractivity contribution in [3.05, 3.63) is 24.3 Å². The zero-order valence-electron chi connectivity index (χ0n) is 12.8. The van der Waals surface area contributed by atoms with Crippen molar-refractivity contribution in [2.45, 2.75) is 13.8 Å². The minimum atomic E-state index is -0.569. The number of nitrogens with zero attached hydrogens (tertiary/aromatic N) is 1. The lowest BCUT2D eigenvalue weighted by Crippen LogP contribution is -2.37. The maximum atomic E-state index is 12.0. The van der Waals surface area contributed by atoms with E-state index < -0.39 is 5.41 Å². The first kappa shape index (κ1) is 16.5. The van der Waals surface area contributed by atoms with Crippen LogP contribution >= 0.6 is 0 Å². The van der Waals surface area contributed by atoms with Crippen molar-refractivity contribution >= 4 is 11.6 Å². The molecule has 0 atom stereocenters. The highest BCUT2D eigenvalue weighted by Gasteiger charge is 2.25. The number of rotatable bonds is 7. The number of amides is 1. The van der Waals surface area contributed by atoms with Gasteiger partial charge in [0.25, 0.3) is 0 Å². The molecule has 1 rings (SSSR count). The van der Waals surface area contributed by atoms with Crippen LogP contribution in [0.1, 0.15) is 13.8 Å². The number of nitrogens with two attached hydrogens (primary N) is 1. The van der Waals surface area contributed by atoms with E-state index >= 15 is 0 Å². The first-order chi connectivity index (χ1) is 9.35. The van der Waals surface area contributed by atoms with Crippen molar-refractivity contribution in [2.75, 3.05) is 39.1 Å². The average molecular weight is 279 g/mol. The largest absolute Gasteiger partial charge is 0.492 e. The lowest BCUT2D eigenvalue weighted by Gasteiger charge is -2.21. The van der Waals surface area contributed by atoms with Gasteiger partial charge in [0, 0.05) is 18.8 Å². The van der Waals surface area contributed by atoms with Crippen LogP contribution in [-0.2, 0) is 4.79 Å². The Bertz CT molecular complexity index is 427. The first-order valence-electron chi connectivity index (χ1n) is 6.74. The SMILES string of the molecule is CN(C)CCOc1ccc(NC(=O)C(C)(C)CN)cc1. The second-order valence-electron chi connectivity index (χ2n) is 5.72. The number of carbonyl (C=O) groups excluding carboxylic acids is 1. The van der Waals surface area contributed by atoms with E-state index in [2.05, 4.69) is 10.2 Å². The van der Waals surface area contributed by atoms with Crippen LogP contribution in [0.3, 0.4) is 0 Å². The van der Waals surface area contributed by atoms with Crippen LogP contribution in [0.15, 0.2) is 24.3 Å². The molecule has 1 aromatic carbocycles. The number of benzene rings is 1. The van der Waals surface area contributed by atoms with Crippen LogP contribution in [0.25, 0.3) is 0 Å². The van der Waals surface area contributed by atoms with Crippen molar-refractivity contribution in [1.29, 1.82) is 0 Å². The van der Waals surface area contributed by atoms with E-state index in [9.17, 15) is 4.79 Å². The van der Waals surface area contributed by atoms with Gasteiger partial charge in [-0.1, -0.05) is 0 Å². The van der Waals surface area contributed by atoms with Crippen molar-refractivity contribution in [3.8, 4) is 5.75 Å². The quantitative estimate of drug-likeness (QED) is 0.794. The third-order valence-electron chi connectivity index (χ3n) is 3.04. The van der Waals surface area contributed by atoms with E-state index in [0.717, 1.165) is 18.0 Å². The zero-order chi connectivity index (χ0) is 15.2. The Morgan fingerprint density at radius 3 is 2.40 bits per heavy atom. The average Bonchev–Trinajstić information content (AvgIpc) is 2.40. The molecule has 5 nitrogen and oxygen atoms in total. The number of hydrogen-bond acceptors (Lipinski definition) is 4. The number of likely N-dealkylation sites (N-methyl/N-ethyl adjacent to an activating group) is 1. The van der Waals surface area contributed by atoms with Gasteiger partial charge in [0.05, 0.1) is 5.41 Å². The van der Waals surface area contributed by atoms with Crippen LogP contribution in [0.4, 0.5) is 5.69 Å². The molecule has 1 aromatic rings. The van der Waals surface area contributed by atoms with E-state index in [1.807, 2.05) is 52.2 Å². The summed E-state index contributed by atoms with van der Waals surface area (Å²) in [7, 11) is 4.00. The second kappa shape index (κ2) is 7.26. The Labute approximate surface area is 121 Å². The van der Waals surface area contributed by atoms with Crippen LogP contribution in [0.2, 0.25) is 0 Å². The van der Waals surface area contributed by atoms with Crippen molar-refractivity contribution in [3.63, 3.8) is 0 Å². The highest BCUT2D eigenvalue weighted by Crippen LogP contribution is 2.19. The molecule has 0 spiro atoms. The van der Waals surface area contributed by atoms with Crippen LogP contribution in [0, 0.1) is 5.41 Å². The Hall–Kier alpha value is -1.59. The van der Waals surface area contributed by atoms with Crippen molar-refractivity contribution in [2.24, 2.45) is 11.1 Å². The van der Waals surface area contributed by atoms with Gasteiger partial charge < -0.3 is 20.7 Å². The maximum absolute atomic E-state index is 12.0. The van der Waals surface area contributed by atoms with Gasteiger partial charge in [-0.2, -0.15) is 0 Å². The van der Waals surface area contributed by atoms with Gasteiger partial charge in [-0.25, -0.2) is 0 Å². The molecule has 0 bridgehead atoms. The number of ether oxygens (including phenoxy) is 1. The summed E-state index contributed by atoms with van der Waals surface area (Å²) in [5, 5.41) is 2.85. The van der Waals surface area contributed by atoms with Crippen molar-refractivity contribution in [1.82, 2.24) is 4.90 Å². The Kier molecular flexibility index (Phi) is 5.98. The van der Waals surface area contributed by atoms with Crippen LogP contribution in [-0.4, -0.2) is 44.6 Å². The minimum absolute atomic E-state index is 0.0822. The fourth-order valence-electron chi connectivity index (χ4n) is 1.37. The standard InChI is InChI=1S/C15H25N3O2/c1-15(2,11-16)14(19)17-12-5-7-13(8-6-12)20-10-9-18(3)4/h5-8H,9-11,16H2,1-4H3,(H,17,19). The maximum Gasteiger partial charge on any atom is 0.231 e. The third-order valence-corrected chi connectivity index (χ3v) is 3.04. The van der Waals surface area contributed by atoms with Crippen molar-refractivity contribution < 1.29 is 9.53 Å². The summed E-state index contributed by atoms with van der Waals surface area (Å²) in [5.74, 6) is 0.712. The highest BCUT2D eigenvalue weighted by molar-refractivity contribution is 5.94. The Balaban J connectivity index is 2.52. The lowest BCUT2D eigenvalue weighted by molar-refractivity contribution is -0.123. The van der Waals surface area contributed by atoms with E-state index in [0.29, 0.717) is 13.2 Å². The molecule has 20 heavy (non-hydrogen) atoms. The van der Waals surface area contributed by atoms with Crippen LogP contribution < -0.4 is 15.8 Å². The molecular formula is C15H25N3O2. The van der Waals surface area contributed by atoms with Gasteiger partial charge in [0.15, 0.2) is 0 Å². The fraction of sp³-hybridized carbons (Fsp3) is 0.533. The predicted molar refractivity (Wildman–Crippen MR) is 82.0 cm³/mol. The molecule has 0 aromatic heterocycles. The molecule has 0 radical (unpaired) electrons. The van der Waals surface area contributed by atoms with Crippen LogP contribution in [0.5, 0.6) is 5.75 Å². The molecule has 0 heterocycles. The molecule has 0 saturated heterocycles. The van der Waals surface area contributed by atoms with Gasteiger partial charge in [0.2, 0.25) is 5.91 Å². The molecule has 0 aliphatic heterocycles. The molecule has 0 saturated carbocycles. The monoisotopic (exact) mass is 279 g/mol. The molecule has 0 aliphatic rings. The Morgan fingerprint density at radius 1 is 1.30 bits per heavy atom. The molecular weight excluding hydrogens is 254 g/mol. The summed E-state index contributed by atoms with van der Waals surface area (Å²) in [6, 6.07) is 7.35. The summed E-state index contributed by atoms with van der Waals surface area (Å²) in [6.07, 6.45) is 0. The van der Waals surface area contributed by atoms with Gasteiger partial charge in [-0.15, -0.1) is 0 Å². The highest BCUT2D eigenvalue weighted by atomic mass is 16.5. The summed E-state index contributed by atoms with van der Waals surface area (Å²) in [4.78, 5) is 14.0. The molecule has 0 fully saturated rings. The number of carbonyl (C=O) groups is 1. The van der Waals surface area contributed by atoms with E-state index in [1.165, 1.54) is 0 Å². The van der Waals surface area contributed by atoms with E-state index in [4.69, 9.17) is 10.5 Å². The normalized spacial score (nSPS) is 11.5. The van der Waals surface area contributed by atoms with Gasteiger partial charge in [0.1, 0.15) is 12.4 Å². The molecule has 3 N–H and O–H groups in total. The zero-order valence-corrected chi connectivity index (χ0v) is 12.8. The Morgan fingerprint density at radius 2 is 1.90 bits per heavy atom. The third kappa shape index (κ3) is 5.19. The molecule has 0 unspecified atom stereocenters. The van der Waals surface area contributed by atoms with Gasteiger partial charge >= 0.3 is 0 Å². The first-order valence-corrected chi connectivity index (χ1v) is 6.74. The lowest BCUT2D eigenvalue weighted by atomic mass is 9.92. The fourth-order valence-corrected chi connectivity index (χ4v) is 1.37. The summed E-state index contributed by atoms with van der Waals surface area (Å²) < 4.78 is 5.59. The topological polar surface area (TPSA) is 67.6 Å². The summed E-state index contributed by atoms with van der Waals surface area (Å²) >= 11 is 0. The molecule has 5 heteroatoms. The summed E-state index contributed by atoms with van der Waals surface area (Å²) in [6.45, 7) is 5.45. The number of anilines is 1. The molecule has 112 valence electrons. The second-order valence-corrected chi connectivity index (χ2v) is 5.72. The number of hydrogen-bond donors (Lipinski definition) is 2. The van der Waals surface area contributed by atoms with Gasteiger partial charge in [-0.05, 0) is 52.2 Å². The van der Waals surface area contributed by atoms with Gasteiger partial charge in [-0.3, -0.25) is 4.79 Å². The molecule has 1 amide bonds. The summed E-state index contributed by atoms with van der Waals surface area (Å²) in [5.41, 5.74) is 5.76. The minimum Gasteiger partial charge on any atom is -0.492 e. The smallest absolute Gasteiger partial charge is 0.231 e.